The molecule has 3 N–H and O–H groups in total. The summed E-state index contributed by atoms with van der Waals surface area (Å²) in [6.07, 6.45) is 1.58. The molecule has 0 radical (unpaired) electrons. The number of nitrogens with zero attached hydrogens (tertiary/aromatic N) is 2. The highest BCUT2D eigenvalue weighted by Crippen LogP contribution is 2.36. The summed E-state index contributed by atoms with van der Waals surface area (Å²) in [4.78, 5) is 32.2. The smallest absolute Gasteiger partial charge is 0.377 e. The van der Waals surface area contributed by atoms with Gasteiger partial charge < -0.3 is 23.7 Å². The maximum absolute atomic E-state index is 12.1. The molecule has 0 spiro atoms. The molecule has 0 unspecified atom stereocenters. The van der Waals surface area contributed by atoms with Crippen LogP contribution in [0.15, 0.2) is 17.1 Å². The lowest BCUT2D eigenvalue weighted by molar-refractivity contribution is 0.0729. The first-order valence-electron chi connectivity index (χ1n) is 6.82. The molecule has 0 aromatic carbocycles. The number of aromatic nitrogens is 3. The molecule has 0 aliphatic carbocycles. The second-order valence-corrected chi connectivity index (χ2v) is 6.72. The molecular formula is C12H18N3O6PS. The summed E-state index contributed by atoms with van der Waals surface area (Å²) in [5.41, 5.74) is 0.308. The fourth-order valence-corrected chi connectivity index (χ4v) is 2.66. The zero-order valence-corrected chi connectivity index (χ0v) is 14.3. The Hall–Kier alpha value is -1.29. The van der Waals surface area contributed by atoms with Crippen molar-refractivity contribution < 1.29 is 23.6 Å². The van der Waals surface area contributed by atoms with E-state index in [-0.39, 0.29) is 16.4 Å². The minimum absolute atomic E-state index is 0.0728. The van der Waals surface area contributed by atoms with Crippen molar-refractivity contribution in [3.63, 3.8) is 0 Å². The Bertz CT molecular complexity index is 849. The first-order chi connectivity index (χ1) is 10.7. The summed E-state index contributed by atoms with van der Waals surface area (Å²) in [5, 5.41) is 0. The molecule has 2 aromatic rings. The fourth-order valence-electron chi connectivity index (χ4n) is 2.11. The van der Waals surface area contributed by atoms with Crippen molar-refractivity contribution in [2.45, 2.75) is 33.2 Å². The second-order valence-electron chi connectivity index (χ2n) is 5.10. The predicted molar refractivity (Wildman–Crippen MR) is 85.6 cm³/mol. The number of hydrogen-bond acceptors (Lipinski definition) is 5. The average Bonchev–Trinajstić information content (AvgIpc) is 2.83. The zero-order chi connectivity index (χ0) is 17.2. The van der Waals surface area contributed by atoms with Crippen LogP contribution in [0.1, 0.15) is 13.8 Å². The Morgan fingerprint density at radius 3 is 2.74 bits per heavy atom. The van der Waals surface area contributed by atoms with Crippen LogP contribution in [-0.4, -0.2) is 36.6 Å². The van der Waals surface area contributed by atoms with Crippen LogP contribution in [0.25, 0.3) is 11.0 Å². The molecule has 0 atom stereocenters. The predicted octanol–water partition coefficient (Wildman–Crippen LogP) is 1.35. The number of nitrogens with one attached hydrogen (secondary N) is 1. The van der Waals surface area contributed by atoms with Gasteiger partial charge in [-0.25, -0.2) is 4.57 Å². The summed E-state index contributed by atoms with van der Waals surface area (Å²) in [5.74, 6) is 0. The number of phosphoric ester groups is 1. The van der Waals surface area contributed by atoms with Crippen LogP contribution >= 0.6 is 20.0 Å². The maximum Gasteiger partial charge on any atom is 0.471 e. The Morgan fingerprint density at radius 2 is 2.13 bits per heavy atom. The van der Waals surface area contributed by atoms with E-state index in [4.69, 9.17) is 26.7 Å². The SMILES string of the molecule is CC(C)OCCn1c(=S)[nH]c(=O)c2c1ccn2COP(=O)(O)O. The number of rotatable bonds is 7. The minimum atomic E-state index is -4.63. The van der Waals surface area contributed by atoms with E-state index in [9.17, 15) is 9.36 Å². The lowest BCUT2D eigenvalue weighted by atomic mass is 10.4. The third-order valence-electron chi connectivity index (χ3n) is 3.04. The van der Waals surface area contributed by atoms with Gasteiger partial charge in [-0.15, -0.1) is 0 Å². The van der Waals surface area contributed by atoms with Crippen LogP contribution in [0.3, 0.4) is 0 Å². The fraction of sp³-hybridized carbons (Fsp3) is 0.500. The van der Waals surface area contributed by atoms with Crippen molar-refractivity contribution in [1.29, 1.82) is 0 Å². The zero-order valence-electron chi connectivity index (χ0n) is 12.6. The maximum atomic E-state index is 12.1. The first-order valence-corrected chi connectivity index (χ1v) is 8.76. The molecule has 0 saturated heterocycles. The third kappa shape index (κ3) is 4.60. The summed E-state index contributed by atoms with van der Waals surface area (Å²) < 4.78 is 24.0. The second kappa shape index (κ2) is 7.08. The van der Waals surface area contributed by atoms with Crippen molar-refractivity contribution >= 4 is 31.1 Å². The number of phosphoric acid groups is 1. The van der Waals surface area contributed by atoms with Crippen LogP contribution in [0, 0.1) is 4.77 Å². The highest BCUT2D eigenvalue weighted by atomic mass is 32.1. The molecule has 11 heteroatoms. The quantitative estimate of drug-likeness (QED) is 0.502. The van der Waals surface area contributed by atoms with Gasteiger partial charge in [0.25, 0.3) is 5.56 Å². The van der Waals surface area contributed by atoms with E-state index in [2.05, 4.69) is 9.51 Å². The Balaban J connectivity index is 2.38. The van der Waals surface area contributed by atoms with Gasteiger partial charge in [-0.1, -0.05) is 0 Å². The van der Waals surface area contributed by atoms with Gasteiger partial charge in [-0.05, 0) is 32.1 Å². The first kappa shape index (κ1) is 18.1. The van der Waals surface area contributed by atoms with E-state index in [0.717, 1.165) is 0 Å². The van der Waals surface area contributed by atoms with Gasteiger partial charge in [-0.2, -0.15) is 0 Å². The Morgan fingerprint density at radius 1 is 1.43 bits per heavy atom. The summed E-state index contributed by atoms with van der Waals surface area (Å²) >= 11 is 5.17. The normalized spacial score (nSPS) is 12.4. The molecule has 0 fully saturated rings. The highest BCUT2D eigenvalue weighted by molar-refractivity contribution is 7.71. The van der Waals surface area contributed by atoms with E-state index in [1.165, 1.54) is 10.8 Å². The third-order valence-corrected chi connectivity index (χ3v) is 3.82. The van der Waals surface area contributed by atoms with Crippen molar-refractivity contribution in [3.8, 4) is 0 Å². The number of H-pyrrole nitrogens is 1. The van der Waals surface area contributed by atoms with E-state index in [1.807, 2.05) is 13.8 Å². The highest BCUT2D eigenvalue weighted by Gasteiger charge is 2.16. The van der Waals surface area contributed by atoms with E-state index < -0.39 is 20.1 Å². The summed E-state index contributed by atoms with van der Waals surface area (Å²) in [6, 6.07) is 1.64. The van der Waals surface area contributed by atoms with Crippen molar-refractivity contribution in [1.82, 2.24) is 14.1 Å². The van der Waals surface area contributed by atoms with Gasteiger partial charge in [0.15, 0.2) is 4.77 Å². The Kier molecular flexibility index (Phi) is 5.56. The van der Waals surface area contributed by atoms with Gasteiger partial charge in [0.1, 0.15) is 12.2 Å². The molecule has 128 valence electrons. The number of hydrogen-bond donors (Lipinski definition) is 3. The van der Waals surface area contributed by atoms with Crippen molar-refractivity contribution in [2.24, 2.45) is 0 Å². The molecule has 23 heavy (non-hydrogen) atoms. The monoisotopic (exact) mass is 363 g/mol. The van der Waals surface area contributed by atoms with E-state index >= 15 is 0 Å². The lowest BCUT2D eigenvalue weighted by Crippen LogP contribution is -2.19. The van der Waals surface area contributed by atoms with Crippen molar-refractivity contribution in [3.05, 3.63) is 27.4 Å². The van der Waals surface area contributed by atoms with Crippen LogP contribution < -0.4 is 5.56 Å². The lowest BCUT2D eigenvalue weighted by Gasteiger charge is -2.12. The average molecular weight is 363 g/mol. The molecule has 0 aliphatic rings. The molecule has 0 saturated carbocycles. The molecule has 9 nitrogen and oxygen atoms in total. The molecule has 0 bridgehead atoms. The van der Waals surface area contributed by atoms with Crippen LogP contribution in [0.2, 0.25) is 0 Å². The summed E-state index contributed by atoms with van der Waals surface area (Å²) in [6.45, 7) is 4.23. The number of aromatic amines is 1. The molecule has 2 aromatic heterocycles. The van der Waals surface area contributed by atoms with Crippen LogP contribution in [0.5, 0.6) is 0 Å². The summed E-state index contributed by atoms with van der Waals surface area (Å²) in [7, 11) is -4.63. The molecule has 0 aliphatic heterocycles. The molecule has 0 amide bonds. The van der Waals surface area contributed by atoms with Gasteiger partial charge >= 0.3 is 7.82 Å². The number of ether oxygens (including phenoxy) is 1. The van der Waals surface area contributed by atoms with E-state index in [0.29, 0.717) is 18.7 Å². The van der Waals surface area contributed by atoms with Gasteiger partial charge in [0.05, 0.1) is 18.2 Å². The van der Waals surface area contributed by atoms with Crippen LogP contribution in [-0.2, 0) is 27.1 Å². The number of fused-ring (bicyclic) bond motifs is 1. The van der Waals surface area contributed by atoms with Crippen molar-refractivity contribution in [2.75, 3.05) is 6.61 Å². The van der Waals surface area contributed by atoms with Gasteiger partial charge in [0.2, 0.25) is 0 Å². The molecule has 2 rings (SSSR count). The van der Waals surface area contributed by atoms with Gasteiger partial charge in [-0.3, -0.25) is 14.3 Å². The topological polar surface area (TPSA) is 119 Å². The Labute approximate surface area is 136 Å². The van der Waals surface area contributed by atoms with Crippen LogP contribution in [0.4, 0.5) is 0 Å². The standard InChI is InChI=1S/C12H18N3O6PS/c1-8(2)20-6-5-15-9-3-4-14(7-21-22(17,18)19)10(9)11(16)13-12(15)23/h3-4,8H,5-7H2,1-2H3,(H,13,16,23)(H2,17,18,19). The minimum Gasteiger partial charge on any atom is -0.377 e. The molecular weight excluding hydrogens is 345 g/mol. The largest absolute Gasteiger partial charge is 0.471 e. The van der Waals surface area contributed by atoms with E-state index in [1.54, 1.807) is 10.6 Å². The van der Waals surface area contributed by atoms with Gasteiger partial charge in [0, 0.05) is 12.7 Å². The molecule has 2 heterocycles.